The van der Waals surface area contributed by atoms with Crippen molar-refractivity contribution in [1.82, 2.24) is 9.47 Å². The fraction of sp³-hybridized carbons (Fsp3) is 0.407. The van der Waals surface area contributed by atoms with Gasteiger partial charge in [0.15, 0.2) is 0 Å². The number of hydrogen-bond donors (Lipinski definition) is 1. The van der Waals surface area contributed by atoms with Gasteiger partial charge < -0.3 is 14.8 Å². The molecule has 0 bridgehead atoms. The van der Waals surface area contributed by atoms with Gasteiger partial charge in [-0.3, -0.25) is 14.4 Å². The Labute approximate surface area is 218 Å². The summed E-state index contributed by atoms with van der Waals surface area (Å²) in [4.78, 5) is 39.5. The second-order valence-corrected chi connectivity index (χ2v) is 10.1. The topological polar surface area (TPSA) is 95.2 Å². The molecule has 37 heavy (non-hydrogen) atoms. The molecular formula is C27H27ClF2N4O3. The van der Waals surface area contributed by atoms with Gasteiger partial charge >= 0.3 is 0 Å². The molecule has 0 unspecified atom stereocenters. The fourth-order valence-electron chi connectivity index (χ4n) is 4.91. The molecule has 2 aliphatic rings. The molecule has 1 saturated heterocycles. The number of anilines is 1. The van der Waals surface area contributed by atoms with Crippen molar-refractivity contribution in [2.45, 2.75) is 45.0 Å². The summed E-state index contributed by atoms with van der Waals surface area (Å²) < 4.78 is 28.3. The lowest BCUT2D eigenvalue weighted by molar-refractivity contribution is -0.136. The Morgan fingerprint density at radius 2 is 1.92 bits per heavy atom. The number of hydrogen-bond acceptors (Lipinski definition) is 4. The van der Waals surface area contributed by atoms with E-state index in [0.29, 0.717) is 47.8 Å². The number of halogens is 3. The van der Waals surface area contributed by atoms with Crippen LogP contribution < -0.4 is 10.9 Å². The van der Waals surface area contributed by atoms with E-state index in [1.807, 2.05) is 12.1 Å². The van der Waals surface area contributed by atoms with Gasteiger partial charge in [-0.2, -0.15) is 5.26 Å². The largest absolute Gasteiger partial charge is 0.342 e. The Morgan fingerprint density at radius 1 is 1.22 bits per heavy atom. The minimum Gasteiger partial charge on any atom is -0.342 e. The third-order valence-electron chi connectivity index (χ3n) is 7.04. The summed E-state index contributed by atoms with van der Waals surface area (Å²) in [6.07, 6.45) is 2.69. The molecule has 7 nitrogen and oxygen atoms in total. The van der Waals surface area contributed by atoms with Crippen LogP contribution in [0.25, 0.3) is 6.08 Å². The minimum absolute atomic E-state index is 0.0652. The Kier molecular flexibility index (Phi) is 7.51. The highest BCUT2D eigenvalue weighted by atomic mass is 35.5. The zero-order valence-electron chi connectivity index (χ0n) is 20.6. The van der Waals surface area contributed by atoms with Crippen molar-refractivity contribution in [3.63, 3.8) is 0 Å². The maximum Gasteiger partial charge on any atom is 0.255 e. The van der Waals surface area contributed by atoms with Crippen LogP contribution in [0.3, 0.4) is 0 Å². The molecule has 1 N–H and O–H groups in total. The van der Waals surface area contributed by atoms with Crippen LogP contribution in [-0.4, -0.2) is 40.3 Å². The highest BCUT2D eigenvalue weighted by molar-refractivity contribution is 6.31. The quantitative estimate of drug-likeness (QED) is 0.610. The van der Waals surface area contributed by atoms with E-state index >= 15 is 0 Å². The summed E-state index contributed by atoms with van der Waals surface area (Å²) in [5.74, 6) is -4.11. The van der Waals surface area contributed by atoms with E-state index in [1.165, 1.54) is 19.2 Å². The molecule has 2 fully saturated rings. The van der Waals surface area contributed by atoms with Gasteiger partial charge in [-0.15, -0.1) is 0 Å². The van der Waals surface area contributed by atoms with Gasteiger partial charge in [-0.05, 0) is 55.5 Å². The molecule has 1 aromatic heterocycles. The van der Waals surface area contributed by atoms with Crippen LogP contribution in [0.1, 0.15) is 59.3 Å². The molecule has 1 saturated carbocycles. The van der Waals surface area contributed by atoms with Gasteiger partial charge in [0.05, 0.1) is 5.69 Å². The van der Waals surface area contributed by atoms with E-state index in [-0.39, 0.29) is 36.4 Å². The zero-order valence-corrected chi connectivity index (χ0v) is 21.4. The summed E-state index contributed by atoms with van der Waals surface area (Å²) in [5, 5.41) is 12.6. The average molecular weight is 529 g/mol. The Bertz CT molecular complexity index is 1380. The van der Waals surface area contributed by atoms with Crippen molar-refractivity contribution in [3.05, 3.63) is 67.6 Å². The normalized spacial score (nSPS) is 18.9. The highest BCUT2D eigenvalue weighted by Gasteiger charge is 2.43. The maximum atomic E-state index is 13.6. The predicted molar refractivity (Wildman–Crippen MR) is 137 cm³/mol. The van der Waals surface area contributed by atoms with Crippen LogP contribution in [0, 0.1) is 24.2 Å². The summed E-state index contributed by atoms with van der Waals surface area (Å²) in [6.45, 7) is 2.68. The number of benzene rings is 1. The molecule has 2 aromatic rings. The number of rotatable bonds is 4. The van der Waals surface area contributed by atoms with Crippen molar-refractivity contribution in [2.24, 2.45) is 13.0 Å². The van der Waals surface area contributed by atoms with Crippen molar-refractivity contribution >= 4 is 35.2 Å². The standard InChI is InChI=1S/C27H27ClF2N4O3/c1-16-9-21(28)11-19(24(16)32-25(36)20-12-22(15-31)33(2)23(35)13-20)10-17-4-7-34(8-5-17)26(37)18-3-6-27(29,30)14-18/h9-13,18H,3-8,14H2,1-2H3,(H,32,36)/t18-/m1/s1. The second-order valence-electron chi connectivity index (χ2n) is 9.70. The fourth-order valence-corrected chi connectivity index (χ4v) is 5.19. The first-order valence-corrected chi connectivity index (χ1v) is 12.4. The van der Waals surface area contributed by atoms with Gasteiger partial charge in [-0.1, -0.05) is 23.3 Å². The Morgan fingerprint density at radius 3 is 2.54 bits per heavy atom. The van der Waals surface area contributed by atoms with Gasteiger partial charge in [0.2, 0.25) is 11.8 Å². The molecule has 194 valence electrons. The third kappa shape index (κ3) is 5.91. The molecule has 0 spiro atoms. The average Bonchev–Trinajstić information content (AvgIpc) is 3.22. The summed E-state index contributed by atoms with van der Waals surface area (Å²) in [5.41, 5.74) is 2.61. The van der Waals surface area contributed by atoms with E-state index in [9.17, 15) is 28.4 Å². The van der Waals surface area contributed by atoms with Crippen molar-refractivity contribution in [1.29, 1.82) is 5.26 Å². The van der Waals surface area contributed by atoms with Crippen molar-refractivity contribution < 1.29 is 18.4 Å². The number of amides is 2. The van der Waals surface area contributed by atoms with Crippen LogP contribution >= 0.6 is 11.6 Å². The van der Waals surface area contributed by atoms with Gasteiger partial charge in [0.1, 0.15) is 11.8 Å². The third-order valence-corrected chi connectivity index (χ3v) is 7.26. The molecule has 10 heteroatoms. The number of aryl methyl sites for hydroxylation is 1. The van der Waals surface area contributed by atoms with E-state index < -0.39 is 23.3 Å². The van der Waals surface area contributed by atoms with Gasteiger partial charge in [0, 0.05) is 55.5 Å². The number of nitrogens with zero attached hydrogens (tertiary/aromatic N) is 3. The van der Waals surface area contributed by atoms with Crippen LogP contribution in [0.15, 0.2) is 34.6 Å². The molecule has 1 aromatic carbocycles. The molecule has 1 aliphatic heterocycles. The number of likely N-dealkylation sites (tertiary alicyclic amines) is 1. The minimum atomic E-state index is -2.75. The molecular weight excluding hydrogens is 502 g/mol. The number of piperidine rings is 1. The van der Waals surface area contributed by atoms with Crippen LogP contribution in [0.4, 0.5) is 14.5 Å². The number of aromatic nitrogens is 1. The summed E-state index contributed by atoms with van der Waals surface area (Å²) in [7, 11) is 1.46. The van der Waals surface area contributed by atoms with Crippen molar-refractivity contribution in [3.8, 4) is 6.07 Å². The van der Waals surface area contributed by atoms with Gasteiger partial charge in [0.25, 0.3) is 11.5 Å². The summed E-state index contributed by atoms with van der Waals surface area (Å²) in [6, 6.07) is 7.86. The lowest BCUT2D eigenvalue weighted by atomic mass is 9.97. The number of carbonyl (C=O) groups is 2. The first kappa shape index (κ1) is 26.6. The van der Waals surface area contributed by atoms with Crippen LogP contribution in [0.2, 0.25) is 5.02 Å². The predicted octanol–water partition coefficient (Wildman–Crippen LogP) is 4.91. The SMILES string of the molecule is Cc1cc(Cl)cc(C=C2CCN(C(=O)[C@@H]3CCC(F)(F)C3)CC2)c1NC(=O)c1cc(C#N)n(C)c(=O)c1. The molecule has 0 radical (unpaired) electrons. The molecule has 1 aliphatic carbocycles. The van der Waals surface area contributed by atoms with E-state index in [1.54, 1.807) is 24.0 Å². The first-order chi connectivity index (χ1) is 17.5. The van der Waals surface area contributed by atoms with Crippen LogP contribution in [-0.2, 0) is 11.8 Å². The monoisotopic (exact) mass is 528 g/mol. The molecule has 2 heterocycles. The lowest BCUT2D eigenvalue weighted by Gasteiger charge is -2.31. The summed E-state index contributed by atoms with van der Waals surface area (Å²) >= 11 is 6.30. The van der Waals surface area contributed by atoms with E-state index in [2.05, 4.69) is 5.32 Å². The Balaban J connectivity index is 1.52. The molecule has 1 atom stereocenters. The van der Waals surface area contributed by atoms with E-state index in [0.717, 1.165) is 10.1 Å². The first-order valence-electron chi connectivity index (χ1n) is 12.1. The molecule has 2 amide bonds. The van der Waals surface area contributed by atoms with Crippen molar-refractivity contribution in [2.75, 3.05) is 18.4 Å². The maximum absolute atomic E-state index is 13.6. The smallest absolute Gasteiger partial charge is 0.255 e. The van der Waals surface area contributed by atoms with E-state index in [4.69, 9.17) is 11.6 Å². The lowest BCUT2D eigenvalue weighted by Crippen LogP contribution is -2.39. The number of alkyl halides is 2. The molecule has 4 rings (SSSR count). The Hall–Kier alpha value is -3.51. The highest BCUT2D eigenvalue weighted by Crippen LogP contribution is 2.40. The number of pyridine rings is 1. The van der Waals surface area contributed by atoms with Crippen LogP contribution in [0.5, 0.6) is 0 Å². The number of nitrogens with one attached hydrogen (secondary N) is 1. The second kappa shape index (κ2) is 10.5. The zero-order chi connectivity index (χ0) is 26.9. The van der Waals surface area contributed by atoms with Gasteiger partial charge in [-0.25, -0.2) is 8.78 Å². The number of nitriles is 1. The number of carbonyl (C=O) groups excluding carboxylic acids is 2.